The van der Waals surface area contributed by atoms with E-state index in [0.29, 0.717) is 23.1 Å². The molecule has 0 unspecified atom stereocenters. The fraction of sp³-hybridized carbons (Fsp3) is 0.179. The number of carbonyl (C=O) groups is 1. The molecular weight excluding hydrogens is 486 g/mol. The van der Waals surface area contributed by atoms with Crippen LogP contribution >= 0.6 is 12.2 Å². The molecule has 5 rings (SSSR count). The number of para-hydroxylation sites is 2. The van der Waals surface area contributed by atoms with Gasteiger partial charge in [0.25, 0.3) is 0 Å². The highest BCUT2D eigenvalue weighted by Crippen LogP contribution is 2.39. The summed E-state index contributed by atoms with van der Waals surface area (Å²) < 4.78 is 7.42. The van der Waals surface area contributed by atoms with Crippen LogP contribution in [0.5, 0.6) is 11.5 Å². The molecule has 9 heteroatoms. The molecule has 188 valence electrons. The Kier molecular flexibility index (Phi) is 7.04. The number of hydrogen-bond acceptors (Lipinski definition) is 5. The number of nitrogens with one attached hydrogen (secondary N) is 2. The molecule has 0 aliphatic carbocycles. The first-order chi connectivity index (χ1) is 18.0. The van der Waals surface area contributed by atoms with E-state index in [1.807, 2.05) is 71.8 Å². The molecule has 2 aromatic carbocycles. The zero-order valence-corrected chi connectivity index (χ0v) is 21.1. The maximum Gasteiger partial charge on any atom is 0.226 e. The van der Waals surface area contributed by atoms with Gasteiger partial charge in [-0.1, -0.05) is 18.2 Å². The van der Waals surface area contributed by atoms with Crippen molar-refractivity contribution in [2.24, 2.45) is 0 Å². The molecule has 1 saturated heterocycles. The van der Waals surface area contributed by atoms with Crippen LogP contribution in [-0.4, -0.2) is 44.2 Å². The van der Waals surface area contributed by atoms with E-state index < -0.39 is 0 Å². The predicted molar refractivity (Wildman–Crippen MR) is 146 cm³/mol. The molecule has 3 heterocycles. The summed E-state index contributed by atoms with van der Waals surface area (Å²) in [6.07, 6.45) is 3.97. The van der Waals surface area contributed by atoms with Gasteiger partial charge in [-0.2, -0.15) is 0 Å². The second kappa shape index (κ2) is 10.7. The second-order valence-electron chi connectivity index (χ2n) is 8.64. The molecule has 1 aliphatic rings. The van der Waals surface area contributed by atoms with Crippen molar-refractivity contribution in [2.45, 2.75) is 18.5 Å². The molecule has 0 saturated carbocycles. The lowest BCUT2D eigenvalue weighted by Gasteiger charge is -2.29. The van der Waals surface area contributed by atoms with Gasteiger partial charge in [0.1, 0.15) is 11.5 Å². The standard InChI is InChI=1S/C28H27N5O3S/c1-36-24-10-3-2-7-21(24)30-25(35)15-18-33-27(26(31-28(33)37)22-8-4-5-16-29-22)23-9-6-17-32(23)19-11-13-20(34)14-12-19/h2-14,16-17,26-27,34H,15,18H2,1H3,(H,30,35)(H,31,37)/t26-,27+/m0/s1. The summed E-state index contributed by atoms with van der Waals surface area (Å²) in [5.74, 6) is 0.672. The fourth-order valence-electron chi connectivity index (χ4n) is 4.63. The number of rotatable bonds is 8. The Morgan fingerprint density at radius 1 is 1.08 bits per heavy atom. The van der Waals surface area contributed by atoms with Gasteiger partial charge >= 0.3 is 0 Å². The van der Waals surface area contributed by atoms with E-state index in [4.69, 9.17) is 17.0 Å². The number of pyridine rings is 1. The van der Waals surface area contributed by atoms with Gasteiger partial charge in [0.05, 0.1) is 30.6 Å². The largest absolute Gasteiger partial charge is 0.508 e. The quantitative estimate of drug-likeness (QED) is 0.297. The molecule has 1 fully saturated rings. The Morgan fingerprint density at radius 3 is 2.62 bits per heavy atom. The number of anilines is 1. The Balaban J connectivity index is 1.43. The van der Waals surface area contributed by atoms with Crippen molar-refractivity contribution in [3.05, 3.63) is 103 Å². The zero-order valence-electron chi connectivity index (χ0n) is 20.2. The molecule has 1 amide bonds. The number of thiocarbonyl (C=S) groups is 1. The van der Waals surface area contributed by atoms with E-state index in [0.717, 1.165) is 17.1 Å². The highest BCUT2D eigenvalue weighted by atomic mass is 32.1. The third-order valence-electron chi connectivity index (χ3n) is 6.37. The van der Waals surface area contributed by atoms with Crippen LogP contribution in [0.25, 0.3) is 5.69 Å². The monoisotopic (exact) mass is 513 g/mol. The molecule has 37 heavy (non-hydrogen) atoms. The van der Waals surface area contributed by atoms with E-state index in [2.05, 4.69) is 20.2 Å². The molecule has 0 spiro atoms. The number of aromatic nitrogens is 2. The molecule has 4 aromatic rings. The number of nitrogens with zero attached hydrogens (tertiary/aromatic N) is 3. The van der Waals surface area contributed by atoms with Crippen molar-refractivity contribution < 1.29 is 14.6 Å². The van der Waals surface area contributed by atoms with Crippen LogP contribution < -0.4 is 15.4 Å². The third-order valence-corrected chi connectivity index (χ3v) is 6.72. The Bertz CT molecular complexity index is 1390. The van der Waals surface area contributed by atoms with E-state index in [1.54, 1.807) is 31.5 Å². The lowest BCUT2D eigenvalue weighted by atomic mass is 10.0. The summed E-state index contributed by atoms with van der Waals surface area (Å²) >= 11 is 5.76. The number of hydrogen-bond donors (Lipinski definition) is 3. The van der Waals surface area contributed by atoms with Crippen molar-refractivity contribution in [3.63, 3.8) is 0 Å². The minimum absolute atomic E-state index is 0.138. The first-order valence-corrected chi connectivity index (χ1v) is 12.3. The van der Waals surface area contributed by atoms with E-state index in [-0.39, 0.29) is 30.2 Å². The minimum Gasteiger partial charge on any atom is -0.508 e. The van der Waals surface area contributed by atoms with Crippen molar-refractivity contribution in [1.29, 1.82) is 0 Å². The SMILES string of the molecule is COc1ccccc1NC(=O)CCN1C(=S)N[C@@H](c2ccccn2)[C@H]1c1cccn1-c1ccc(O)cc1. The van der Waals surface area contributed by atoms with E-state index >= 15 is 0 Å². The fourth-order valence-corrected chi connectivity index (χ4v) is 4.97. The first kappa shape index (κ1) is 24.3. The van der Waals surface area contributed by atoms with Crippen molar-refractivity contribution in [1.82, 2.24) is 19.8 Å². The molecule has 2 aromatic heterocycles. The van der Waals surface area contributed by atoms with Crippen LogP contribution in [0.4, 0.5) is 5.69 Å². The summed E-state index contributed by atoms with van der Waals surface area (Å²) in [5, 5.41) is 16.7. The Hall–Kier alpha value is -4.37. The van der Waals surface area contributed by atoms with Gasteiger partial charge < -0.3 is 29.9 Å². The third kappa shape index (κ3) is 5.12. The summed E-state index contributed by atoms with van der Waals surface area (Å²) in [6.45, 7) is 0.404. The molecule has 0 bridgehead atoms. The highest BCUT2D eigenvalue weighted by molar-refractivity contribution is 7.80. The molecule has 8 nitrogen and oxygen atoms in total. The Labute approximate surface area is 220 Å². The van der Waals surface area contributed by atoms with Crippen molar-refractivity contribution in [3.8, 4) is 17.2 Å². The average Bonchev–Trinajstić information content (AvgIpc) is 3.53. The number of benzene rings is 2. The second-order valence-corrected chi connectivity index (χ2v) is 9.02. The van der Waals surface area contributed by atoms with Gasteiger partial charge in [-0.05, 0) is 72.9 Å². The van der Waals surface area contributed by atoms with Crippen molar-refractivity contribution >= 4 is 28.9 Å². The van der Waals surface area contributed by atoms with E-state index in [1.165, 1.54) is 0 Å². The molecular formula is C28H27N5O3S. The molecule has 0 radical (unpaired) electrons. The number of phenols is 1. The van der Waals surface area contributed by atoms with Crippen LogP contribution in [0.15, 0.2) is 91.3 Å². The van der Waals surface area contributed by atoms with Gasteiger partial charge in [0.2, 0.25) is 5.91 Å². The Morgan fingerprint density at radius 2 is 1.86 bits per heavy atom. The topological polar surface area (TPSA) is 91.7 Å². The summed E-state index contributed by atoms with van der Waals surface area (Å²) in [5.41, 5.74) is 3.37. The maximum absolute atomic E-state index is 12.9. The van der Waals surface area contributed by atoms with Crippen LogP contribution in [0.1, 0.15) is 29.9 Å². The van der Waals surface area contributed by atoms with E-state index in [9.17, 15) is 9.90 Å². The number of methoxy groups -OCH3 is 1. The van der Waals surface area contributed by atoms with Crippen LogP contribution in [0.2, 0.25) is 0 Å². The van der Waals surface area contributed by atoms with Gasteiger partial charge in [0.15, 0.2) is 5.11 Å². The van der Waals surface area contributed by atoms with Gasteiger partial charge in [-0.15, -0.1) is 0 Å². The smallest absolute Gasteiger partial charge is 0.226 e. The molecule has 3 N–H and O–H groups in total. The summed E-state index contributed by atoms with van der Waals surface area (Å²) in [6, 6.07) is 23.8. The van der Waals surface area contributed by atoms with Gasteiger partial charge in [-0.25, -0.2) is 0 Å². The lowest BCUT2D eigenvalue weighted by molar-refractivity contribution is -0.116. The minimum atomic E-state index is -0.217. The normalized spacial score (nSPS) is 16.9. The number of phenolic OH excluding ortho intramolecular Hbond substituents is 1. The zero-order chi connectivity index (χ0) is 25.8. The number of aromatic hydroxyl groups is 1. The maximum atomic E-state index is 12.9. The van der Waals surface area contributed by atoms with Crippen molar-refractivity contribution in [2.75, 3.05) is 19.0 Å². The summed E-state index contributed by atoms with van der Waals surface area (Å²) in [4.78, 5) is 19.5. The van der Waals surface area contributed by atoms with Gasteiger partial charge in [0, 0.05) is 36.7 Å². The van der Waals surface area contributed by atoms with Crippen LogP contribution in [-0.2, 0) is 4.79 Å². The lowest BCUT2D eigenvalue weighted by Crippen LogP contribution is -2.33. The van der Waals surface area contributed by atoms with Crippen LogP contribution in [0.3, 0.4) is 0 Å². The summed E-state index contributed by atoms with van der Waals surface area (Å²) in [7, 11) is 1.57. The molecule has 1 aliphatic heterocycles. The number of amides is 1. The van der Waals surface area contributed by atoms with Crippen LogP contribution in [0, 0.1) is 0 Å². The number of ether oxygens (including phenoxy) is 1. The number of carbonyl (C=O) groups excluding carboxylic acids is 1. The highest BCUT2D eigenvalue weighted by Gasteiger charge is 2.41. The predicted octanol–water partition coefficient (Wildman–Crippen LogP) is 4.59. The average molecular weight is 514 g/mol. The first-order valence-electron chi connectivity index (χ1n) is 11.9. The van der Waals surface area contributed by atoms with Gasteiger partial charge in [-0.3, -0.25) is 9.78 Å². The molecule has 2 atom stereocenters.